The summed E-state index contributed by atoms with van der Waals surface area (Å²) in [5.41, 5.74) is -0.358. The second-order valence-corrected chi connectivity index (χ2v) is 7.70. The monoisotopic (exact) mass is 476 g/mol. The van der Waals surface area contributed by atoms with E-state index in [0.29, 0.717) is 0 Å². The molecule has 4 rings (SSSR count). The van der Waals surface area contributed by atoms with Gasteiger partial charge in [0.05, 0.1) is 24.7 Å². The first-order valence-electron chi connectivity index (χ1n) is 9.39. The lowest BCUT2D eigenvalue weighted by molar-refractivity contribution is -0.136. The van der Waals surface area contributed by atoms with Gasteiger partial charge < -0.3 is 9.84 Å². The maximum absolute atomic E-state index is 15.4. The Balaban J connectivity index is 1.71. The molecule has 33 heavy (non-hydrogen) atoms. The quantitative estimate of drug-likeness (QED) is 0.415. The minimum Gasteiger partial charge on any atom is -0.497 e. The molecule has 4 aromatic rings. The average molecular weight is 476 g/mol. The highest BCUT2D eigenvalue weighted by Gasteiger charge is 2.25. The van der Waals surface area contributed by atoms with Crippen LogP contribution in [0, 0.1) is 11.6 Å². The fourth-order valence-electron chi connectivity index (χ4n) is 3.17. The molecule has 170 valence electrons. The number of nitrogens with zero attached hydrogens (tertiary/aromatic N) is 3. The Kier molecular flexibility index (Phi) is 6.01. The number of aliphatic carboxylic acids is 1. The molecule has 1 unspecified atom stereocenters. The molecular weight excluding hydrogens is 461 g/mol. The minimum absolute atomic E-state index is 0.00591. The predicted molar refractivity (Wildman–Crippen MR) is 113 cm³/mol. The molecule has 2 aromatic heterocycles. The first-order chi connectivity index (χ1) is 15.8. The molecule has 0 fully saturated rings. The number of carbonyl (C=O) groups excluding carboxylic acids is 1. The van der Waals surface area contributed by atoms with Crippen molar-refractivity contribution in [3.05, 3.63) is 70.4 Å². The van der Waals surface area contributed by atoms with Gasteiger partial charge in [-0.25, -0.2) is 22.8 Å². The van der Waals surface area contributed by atoms with Gasteiger partial charge in [0, 0.05) is 22.4 Å². The molecule has 2 aromatic carbocycles. The van der Waals surface area contributed by atoms with Crippen LogP contribution >= 0.6 is 11.3 Å². The van der Waals surface area contributed by atoms with Crippen molar-refractivity contribution in [1.82, 2.24) is 14.8 Å². The van der Waals surface area contributed by atoms with Gasteiger partial charge in [-0.3, -0.25) is 14.9 Å². The van der Waals surface area contributed by atoms with Gasteiger partial charge in [-0.2, -0.15) is 5.10 Å². The number of amides is 1. The van der Waals surface area contributed by atoms with Crippen molar-refractivity contribution in [2.24, 2.45) is 0 Å². The second kappa shape index (κ2) is 8.90. The summed E-state index contributed by atoms with van der Waals surface area (Å²) in [4.78, 5) is 27.6. The molecule has 1 atom stereocenters. The first kappa shape index (κ1) is 22.3. The molecule has 0 spiro atoms. The third-order valence-corrected chi connectivity index (χ3v) is 5.47. The molecule has 0 saturated heterocycles. The zero-order chi connectivity index (χ0) is 23.7. The second-order valence-electron chi connectivity index (χ2n) is 6.85. The number of nitrogens with one attached hydrogen (secondary N) is 1. The van der Waals surface area contributed by atoms with E-state index >= 15 is 4.39 Å². The van der Waals surface area contributed by atoms with Crippen molar-refractivity contribution in [3.63, 3.8) is 0 Å². The maximum atomic E-state index is 15.4. The topological polar surface area (TPSA) is 106 Å². The number of thiazole rings is 1. The van der Waals surface area contributed by atoms with Crippen LogP contribution in [0.4, 0.5) is 18.3 Å². The molecule has 0 saturated carbocycles. The normalized spacial score (nSPS) is 12.0. The molecule has 0 aliphatic carbocycles. The Bertz CT molecular complexity index is 1370. The van der Waals surface area contributed by atoms with Crippen LogP contribution in [-0.4, -0.2) is 38.9 Å². The molecule has 0 aliphatic heterocycles. The maximum Gasteiger partial charge on any atom is 0.309 e. The van der Waals surface area contributed by atoms with Crippen LogP contribution in [0.2, 0.25) is 0 Å². The number of carboxylic acid groups (broad SMARTS) is 1. The molecule has 8 nitrogen and oxygen atoms in total. The average Bonchev–Trinajstić information content (AvgIpc) is 3.36. The number of alkyl halides is 1. The van der Waals surface area contributed by atoms with Gasteiger partial charge in [-0.15, -0.1) is 11.3 Å². The fourth-order valence-corrected chi connectivity index (χ4v) is 3.88. The standard InChI is InChI=1S/C21H15F3N4O4S/c1-32-12-3-4-13(15(23)8-12)19(24)28-16-5-2-10(22)6-14(16)18(27-28)20(31)26-21-25-11(9-33-21)7-17(29)30/h2-6,8-9,19H,7H2,1H3,(H,29,30)(H,25,26,31). The zero-order valence-electron chi connectivity index (χ0n) is 16.9. The van der Waals surface area contributed by atoms with Gasteiger partial charge in [0.2, 0.25) is 6.30 Å². The zero-order valence-corrected chi connectivity index (χ0v) is 17.7. The Labute approximate surface area is 188 Å². The van der Waals surface area contributed by atoms with E-state index in [-0.39, 0.29) is 45.2 Å². The number of halogens is 3. The molecule has 2 heterocycles. The number of hydrogen-bond acceptors (Lipinski definition) is 6. The first-order valence-corrected chi connectivity index (χ1v) is 10.3. The molecule has 1 amide bonds. The smallest absolute Gasteiger partial charge is 0.309 e. The number of carbonyl (C=O) groups is 2. The minimum atomic E-state index is -2.12. The summed E-state index contributed by atoms with van der Waals surface area (Å²) in [5.74, 6) is -3.27. The number of anilines is 1. The number of aromatic nitrogens is 3. The lowest BCUT2D eigenvalue weighted by Crippen LogP contribution is -2.15. The third-order valence-electron chi connectivity index (χ3n) is 4.67. The largest absolute Gasteiger partial charge is 0.497 e. The van der Waals surface area contributed by atoms with Crippen LogP contribution in [0.1, 0.15) is 28.0 Å². The lowest BCUT2D eigenvalue weighted by atomic mass is 10.1. The van der Waals surface area contributed by atoms with Gasteiger partial charge >= 0.3 is 5.97 Å². The van der Waals surface area contributed by atoms with E-state index in [4.69, 9.17) is 9.84 Å². The van der Waals surface area contributed by atoms with Gasteiger partial charge in [-0.05, 0) is 30.3 Å². The van der Waals surface area contributed by atoms with Gasteiger partial charge in [-0.1, -0.05) is 0 Å². The highest BCUT2D eigenvalue weighted by Crippen LogP contribution is 2.31. The van der Waals surface area contributed by atoms with Gasteiger partial charge in [0.15, 0.2) is 10.8 Å². The van der Waals surface area contributed by atoms with Crippen LogP contribution in [0.25, 0.3) is 10.9 Å². The van der Waals surface area contributed by atoms with Crippen molar-refractivity contribution in [3.8, 4) is 5.75 Å². The molecule has 0 radical (unpaired) electrons. The molecular formula is C21H15F3N4O4S. The van der Waals surface area contributed by atoms with Gasteiger partial charge in [0.25, 0.3) is 5.91 Å². The van der Waals surface area contributed by atoms with Crippen molar-refractivity contribution in [2.75, 3.05) is 12.4 Å². The van der Waals surface area contributed by atoms with E-state index in [9.17, 15) is 18.4 Å². The Hall–Kier alpha value is -3.93. The summed E-state index contributed by atoms with van der Waals surface area (Å²) in [7, 11) is 1.34. The summed E-state index contributed by atoms with van der Waals surface area (Å²) >= 11 is 0.988. The third kappa shape index (κ3) is 4.51. The van der Waals surface area contributed by atoms with Crippen LogP contribution in [-0.2, 0) is 11.2 Å². The van der Waals surface area contributed by atoms with E-state index in [1.165, 1.54) is 30.7 Å². The summed E-state index contributed by atoms with van der Waals surface area (Å²) in [6, 6.07) is 6.89. The number of rotatable bonds is 7. The molecule has 0 aliphatic rings. The van der Waals surface area contributed by atoms with Crippen molar-refractivity contribution >= 4 is 39.2 Å². The number of methoxy groups -OCH3 is 1. The van der Waals surface area contributed by atoms with Crippen molar-refractivity contribution in [2.45, 2.75) is 12.7 Å². The summed E-state index contributed by atoms with van der Waals surface area (Å²) in [6.45, 7) is 0. The highest BCUT2D eigenvalue weighted by molar-refractivity contribution is 7.14. The Morgan fingerprint density at radius 2 is 2.03 bits per heavy atom. The molecule has 0 bridgehead atoms. The highest BCUT2D eigenvalue weighted by atomic mass is 32.1. The van der Waals surface area contributed by atoms with E-state index in [0.717, 1.165) is 34.2 Å². The van der Waals surface area contributed by atoms with E-state index < -0.39 is 29.8 Å². The molecule has 2 N–H and O–H groups in total. The van der Waals surface area contributed by atoms with E-state index in [1.54, 1.807) is 0 Å². The van der Waals surface area contributed by atoms with Crippen LogP contribution in [0.5, 0.6) is 5.75 Å². The number of hydrogen-bond donors (Lipinski definition) is 2. The lowest BCUT2D eigenvalue weighted by Gasteiger charge is -2.12. The number of ether oxygens (including phenoxy) is 1. The predicted octanol–water partition coefficient (Wildman–Crippen LogP) is 4.18. The van der Waals surface area contributed by atoms with Crippen LogP contribution in [0.3, 0.4) is 0 Å². The molecule has 12 heteroatoms. The summed E-state index contributed by atoms with van der Waals surface area (Å²) in [5, 5.41) is 16.8. The Morgan fingerprint density at radius 3 is 2.73 bits per heavy atom. The SMILES string of the molecule is COc1ccc(C(F)n2nc(C(=O)Nc3nc(CC(=O)O)cs3)c3cc(F)ccc32)c(F)c1. The summed E-state index contributed by atoms with van der Waals surface area (Å²) < 4.78 is 49.4. The number of carboxylic acids is 1. The number of fused-ring (bicyclic) bond motifs is 1. The van der Waals surface area contributed by atoms with Crippen molar-refractivity contribution < 1.29 is 32.6 Å². The number of benzene rings is 2. The fraction of sp³-hybridized carbons (Fsp3) is 0.143. The van der Waals surface area contributed by atoms with Gasteiger partial charge in [0.1, 0.15) is 17.4 Å². The van der Waals surface area contributed by atoms with E-state index in [2.05, 4.69) is 15.4 Å². The Morgan fingerprint density at radius 1 is 1.24 bits per heavy atom. The van der Waals surface area contributed by atoms with Crippen LogP contribution < -0.4 is 10.1 Å². The van der Waals surface area contributed by atoms with Crippen LogP contribution in [0.15, 0.2) is 41.8 Å². The summed E-state index contributed by atoms with van der Waals surface area (Å²) in [6.07, 6.45) is -2.45. The van der Waals surface area contributed by atoms with E-state index in [1.807, 2.05) is 0 Å². The van der Waals surface area contributed by atoms with Crippen molar-refractivity contribution in [1.29, 1.82) is 0 Å².